The van der Waals surface area contributed by atoms with E-state index in [9.17, 15) is 4.39 Å². The number of benzene rings is 1. The number of pyridine rings is 3. The van der Waals surface area contributed by atoms with Gasteiger partial charge in [-0.05, 0) is 36.4 Å². The molecule has 3 N–H and O–H groups in total. The molecule has 6 aromatic rings. The van der Waals surface area contributed by atoms with E-state index in [2.05, 4.69) is 40.4 Å². The van der Waals surface area contributed by atoms with Crippen LogP contribution in [-0.2, 0) is 6.54 Å². The third-order valence-electron chi connectivity index (χ3n) is 5.92. The number of nitrogens with one attached hydrogen (secondary N) is 3. The molecule has 0 radical (unpaired) electrons. The van der Waals surface area contributed by atoms with Crippen LogP contribution in [-0.4, -0.2) is 41.7 Å². The van der Waals surface area contributed by atoms with E-state index >= 15 is 4.39 Å². The molecule has 0 aliphatic carbocycles. The number of imidazole rings is 1. The predicted octanol–water partition coefficient (Wildman–Crippen LogP) is 5.01. The topological polar surface area (TPSA) is 108 Å². The maximum Gasteiger partial charge on any atom is 0.161 e. The summed E-state index contributed by atoms with van der Waals surface area (Å²) >= 11 is 0. The third kappa shape index (κ3) is 3.77. The first kappa shape index (κ1) is 21.9. The van der Waals surface area contributed by atoms with Gasteiger partial charge in [0.1, 0.15) is 22.7 Å². The van der Waals surface area contributed by atoms with Crippen LogP contribution in [0.25, 0.3) is 56.0 Å². The minimum Gasteiger partial charge on any atom is -0.336 e. The van der Waals surface area contributed by atoms with E-state index < -0.39 is 5.82 Å². The van der Waals surface area contributed by atoms with Gasteiger partial charge in [-0.15, -0.1) is 0 Å². The highest BCUT2D eigenvalue weighted by molar-refractivity contribution is 5.97. The van der Waals surface area contributed by atoms with Gasteiger partial charge in [-0.25, -0.2) is 13.8 Å². The zero-order valence-corrected chi connectivity index (χ0v) is 19.2. The van der Waals surface area contributed by atoms with Crippen LogP contribution in [0.15, 0.2) is 61.2 Å². The number of hydrogen-bond acceptors (Lipinski definition) is 6. The van der Waals surface area contributed by atoms with Crippen molar-refractivity contribution in [1.29, 1.82) is 0 Å². The Hall–Kier alpha value is -4.57. The number of hydrogen-bond donors (Lipinski definition) is 3. The number of fused-ring (bicyclic) bond motifs is 2. The van der Waals surface area contributed by atoms with E-state index in [4.69, 9.17) is 0 Å². The summed E-state index contributed by atoms with van der Waals surface area (Å²) in [5.74, 6) is -0.536. The molecule has 5 aromatic heterocycles. The fraction of sp³-hybridized carbons (Fsp3) is 0.115. The van der Waals surface area contributed by atoms with Gasteiger partial charge >= 0.3 is 0 Å². The van der Waals surface area contributed by atoms with Gasteiger partial charge in [0, 0.05) is 36.3 Å². The molecule has 0 aliphatic rings. The van der Waals surface area contributed by atoms with E-state index in [1.54, 1.807) is 43.0 Å². The average molecular weight is 482 g/mol. The Morgan fingerprint density at radius 1 is 0.917 bits per heavy atom. The van der Waals surface area contributed by atoms with Crippen molar-refractivity contribution in [3.05, 3.63) is 78.4 Å². The Morgan fingerprint density at radius 3 is 2.69 bits per heavy atom. The first-order chi connectivity index (χ1) is 17.6. The van der Waals surface area contributed by atoms with Gasteiger partial charge in [-0.1, -0.05) is 19.1 Å². The molecule has 8 nitrogen and oxygen atoms in total. The van der Waals surface area contributed by atoms with Crippen LogP contribution in [0, 0.1) is 11.6 Å². The molecular formula is C26H20F2N8. The third-order valence-corrected chi connectivity index (χ3v) is 5.92. The SMILES string of the molecule is CCNCc1cncc(-c2ncc3[nH]nc(-c4nc5c(-c6cccc(F)c6)nccc5[nH]4)c3c2F)c1. The van der Waals surface area contributed by atoms with Gasteiger partial charge < -0.3 is 10.3 Å². The zero-order chi connectivity index (χ0) is 24.6. The summed E-state index contributed by atoms with van der Waals surface area (Å²) in [6, 6.07) is 9.77. The Labute approximate surface area is 203 Å². The van der Waals surface area contributed by atoms with Crippen molar-refractivity contribution < 1.29 is 8.78 Å². The molecule has 178 valence electrons. The maximum atomic E-state index is 15.9. The van der Waals surface area contributed by atoms with Gasteiger partial charge in [0.15, 0.2) is 11.6 Å². The Morgan fingerprint density at radius 2 is 1.83 bits per heavy atom. The lowest BCUT2D eigenvalue weighted by atomic mass is 10.1. The van der Waals surface area contributed by atoms with Crippen LogP contribution < -0.4 is 5.32 Å². The molecule has 1 aromatic carbocycles. The summed E-state index contributed by atoms with van der Waals surface area (Å²) < 4.78 is 29.7. The highest BCUT2D eigenvalue weighted by Gasteiger charge is 2.21. The van der Waals surface area contributed by atoms with Crippen molar-refractivity contribution >= 4 is 21.9 Å². The summed E-state index contributed by atoms with van der Waals surface area (Å²) in [4.78, 5) is 20.9. The van der Waals surface area contributed by atoms with E-state index in [1.807, 2.05) is 13.0 Å². The van der Waals surface area contributed by atoms with Crippen LogP contribution in [0.4, 0.5) is 8.78 Å². The molecule has 0 atom stereocenters. The first-order valence-corrected chi connectivity index (χ1v) is 11.4. The van der Waals surface area contributed by atoms with Crippen LogP contribution in [0.1, 0.15) is 12.5 Å². The Bertz CT molecular complexity index is 1720. The Balaban J connectivity index is 1.48. The number of nitrogens with zero attached hydrogens (tertiary/aromatic N) is 5. The van der Waals surface area contributed by atoms with Gasteiger partial charge in [0.25, 0.3) is 0 Å². The second-order valence-corrected chi connectivity index (χ2v) is 8.30. The van der Waals surface area contributed by atoms with Gasteiger partial charge in [0.05, 0.1) is 28.3 Å². The molecule has 36 heavy (non-hydrogen) atoms. The van der Waals surface area contributed by atoms with Gasteiger partial charge in [0.2, 0.25) is 0 Å². The van der Waals surface area contributed by atoms with Crippen molar-refractivity contribution in [2.45, 2.75) is 13.5 Å². The molecule has 5 heterocycles. The van der Waals surface area contributed by atoms with Crippen molar-refractivity contribution in [3.63, 3.8) is 0 Å². The second kappa shape index (κ2) is 8.90. The van der Waals surface area contributed by atoms with Gasteiger partial charge in [-0.2, -0.15) is 5.10 Å². The van der Waals surface area contributed by atoms with Crippen molar-refractivity contribution in [3.8, 4) is 34.0 Å². The molecule has 0 amide bonds. The van der Waals surface area contributed by atoms with E-state index in [0.29, 0.717) is 51.4 Å². The normalized spacial score (nSPS) is 11.5. The van der Waals surface area contributed by atoms with E-state index in [0.717, 1.165) is 12.1 Å². The molecule has 10 heteroatoms. The van der Waals surface area contributed by atoms with Crippen LogP contribution in [0.5, 0.6) is 0 Å². The standard InChI is InChI=1S/C26H20F2N8/c1-2-29-10-14-8-16(12-30-11-14)22-21(28)20-19(13-32-22)35-36-25(20)26-33-18-6-7-31-23(24(18)34-26)15-4-3-5-17(27)9-15/h3-9,11-13,29H,2,10H2,1H3,(H,33,34)(H,35,36). The molecular weight excluding hydrogens is 462 g/mol. The summed E-state index contributed by atoms with van der Waals surface area (Å²) in [5.41, 5.74) is 4.73. The lowest BCUT2D eigenvalue weighted by molar-refractivity contribution is 0.628. The molecule has 0 fully saturated rings. The van der Waals surface area contributed by atoms with Crippen molar-refractivity contribution in [1.82, 2.24) is 40.4 Å². The highest BCUT2D eigenvalue weighted by Crippen LogP contribution is 2.34. The van der Waals surface area contributed by atoms with Gasteiger partial charge in [-0.3, -0.25) is 20.1 Å². The van der Waals surface area contributed by atoms with Crippen molar-refractivity contribution in [2.75, 3.05) is 6.54 Å². The smallest absolute Gasteiger partial charge is 0.161 e. The summed E-state index contributed by atoms with van der Waals surface area (Å²) in [7, 11) is 0. The lowest BCUT2D eigenvalue weighted by Crippen LogP contribution is -2.11. The second-order valence-electron chi connectivity index (χ2n) is 8.30. The molecule has 0 unspecified atom stereocenters. The van der Waals surface area contributed by atoms with Crippen LogP contribution >= 0.6 is 0 Å². The predicted molar refractivity (Wildman–Crippen MR) is 133 cm³/mol. The maximum absolute atomic E-state index is 15.9. The van der Waals surface area contributed by atoms with E-state index in [1.165, 1.54) is 12.1 Å². The van der Waals surface area contributed by atoms with Crippen LogP contribution in [0.3, 0.4) is 0 Å². The molecule has 0 saturated heterocycles. The van der Waals surface area contributed by atoms with E-state index in [-0.39, 0.29) is 16.9 Å². The molecule has 0 saturated carbocycles. The summed E-state index contributed by atoms with van der Waals surface area (Å²) in [6.07, 6.45) is 6.49. The minimum absolute atomic E-state index is 0.175. The summed E-state index contributed by atoms with van der Waals surface area (Å²) in [6.45, 7) is 3.45. The largest absolute Gasteiger partial charge is 0.336 e. The first-order valence-electron chi connectivity index (χ1n) is 11.4. The quantitative estimate of drug-likeness (QED) is 0.308. The summed E-state index contributed by atoms with van der Waals surface area (Å²) in [5, 5.41) is 10.7. The fourth-order valence-electron chi connectivity index (χ4n) is 4.23. The minimum atomic E-state index is -0.525. The number of rotatable bonds is 6. The molecule has 0 aliphatic heterocycles. The van der Waals surface area contributed by atoms with Crippen molar-refractivity contribution in [2.24, 2.45) is 0 Å². The molecule has 6 rings (SSSR count). The molecule has 0 bridgehead atoms. The molecule has 0 spiro atoms. The fourth-order valence-corrected chi connectivity index (χ4v) is 4.23. The number of aromatic nitrogens is 7. The lowest BCUT2D eigenvalue weighted by Gasteiger charge is -2.07. The Kier molecular flexibility index (Phi) is 5.42. The number of H-pyrrole nitrogens is 2. The zero-order valence-electron chi connectivity index (χ0n) is 19.2. The average Bonchev–Trinajstić information content (AvgIpc) is 3.52. The highest BCUT2D eigenvalue weighted by atomic mass is 19.1. The van der Waals surface area contributed by atoms with Crippen LogP contribution in [0.2, 0.25) is 0 Å². The number of aromatic amines is 2. The number of halogens is 2. The monoisotopic (exact) mass is 482 g/mol.